The van der Waals surface area contributed by atoms with E-state index in [9.17, 15) is 5.11 Å². The van der Waals surface area contributed by atoms with Gasteiger partial charge in [-0.2, -0.15) is 0 Å². The molecule has 1 aromatic carbocycles. The lowest BCUT2D eigenvalue weighted by Gasteiger charge is -2.12. The van der Waals surface area contributed by atoms with E-state index in [2.05, 4.69) is 11.9 Å². The zero-order chi connectivity index (χ0) is 13.8. The maximum absolute atomic E-state index is 10.4. The Balaban J connectivity index is 2.21. The number of imidazole rings is 1. The summed E-state index contributed by atoms with van der Waals surface area (Å²) in [4.78, 5) is 4.38. The molecular weight excluding hydrogens is 256 g/mol. The Bertz CT molecular complexity index is 534. The highest BCUT2D eigenvalue weighted by atomic mass is 32.2. The molecule has 0 fully saturated rings. The lowest BCUT2D eigenvalue weighted by Crippen LogP contribution is -2.06. The van der Waals surface area contributed by atoms with Crippen molar-refractivity contribution in [3.05, 3.63) is 47.3 Å². The molecule has 1 aromatic heterocycles. The molecular formula is C15H20N2OS. The average Bonchev–Trinajstić information content (AvgIpc) is 2.78. The third kappa shape index (κ3) is 3.19. The molecule has 2 aromatic rings. The zero-order valence-electron chi connectivity index (χ0n) is 11.6. The van der Waals surface area contributed by atoms with Crippen LogP contribution in [0.25, 0.3) is 0 Å². The van der Waals surface area contributed by atoms with Gasteiger partial charge in [0, 0.05) is 12.8 Å². The molecule has 0 aliphatic heterocycles. The standard InChI is InChI=1S/C15H20N2OS/c1-4-9-19-15-16-10-13(17(15)3)14(18)12-7-5-11(2)6-8-12/h5-8,10,14,18H,4,9H2,1-3H3. The first-order chi connectivity index (χ1) is 9.13. The Morgan fingerprint density at radius 2 is 2.00 bits per heavy atom. The van der Waals surface area contributed by atoms with E-state index in [1.807, 2.05) is 42.8 Å². The molecule has 0 spiro atoms. The van der Waals surface area contributed by atoms with Crippen LogP contribution in [0.2, 0.25) is 0 Å². The number of aryl methyl sites for hydroxylation is 1. The topological polar surface area (TPSA) is 38.1 Å². The fourth-order valence-electron chi connectivity index (χ4n) is 1.91. The largest absolute Gasteiger partial charge is 0.382 e. The summed E-state index contributed by atoms with van der Waals surface area (Å²) >= 11 is 1.72. The van der Waals surface area contributed by atoms with Crippen LogP contribution in [-0.4, -0.2) is 20.4 Å². The van der Waals surface area contributed by atoms with Crippen LogP contribution in [0.5, 0.6) is 0 Å². The molecule has 0 amide bonds. The lowest BCUT2D eigenvalue weighted by molar-refractivity contribution is 0.210. The average molecular weight is 276 g/mol. The third-order valence-corrected chi connectivity index (χ3v) is 4.34. The van der Waals surface area contributed by atoms with E-state index in [0.29, 0.717) is 0 Å². The zero-order valence-corrected chi connectivity index (χ0v) is 12.4. The van der Waals surface area contributed by atoms with Crippen LogP contribution in [0.1, 0.15) is 36.3 Å². The van der Waals surface area contributed by atoms with Crippen LogP contribution in [0.3, 0.4) is 0 Å². The molecule has 1 N–H and O–H groups in total. The van der Waals surface area contributed by atoms with Gasteiger partial charge in [0.2, 0.25) is 0 Å². The smallest absolute Gasteiger partial charge is 0.167 e. The first-order valence-corrected chi connectivity index (χ1v) is 7.51. The maximum atomic E-state index is 10.4. The first-order valence-electron chi connectivity index (χ1n) is 6.52. The molecule has 1 heterocycles. The second-order valence-corrected chi connectivity index (χ2v) is 5.75. The molecule has 0 saturated carbocycles. The van der Waals surface area contributed by atoms with Gasteiger partial charge < -0.3 is 9.67 Å². The second-order valence-electron chi connectivity index (χ2n) is 4.69. The molecule has 0 bridgehead atoms. The van der Waals surface area contributed by atoms with E-state index < -0.39 is 6.10 Å². The number of thioether (sulfide) groups is 1. The van der Waals surface area contributed by atoms with Gasteiger partial charge in [0.25, 0.3) is 0 Å². The summed E-state index contributed by atoms with van der Waals surface area (Å²) in [7, 11) is 1.96. The molecule has 0 aliphatic rings. The van der Waals surface area contributed by atoms with Gasteiger partial charge in [0.15, 0.2) is 5.16 Å². The van der Waals surface area contributed by atoms with Crippen LogP contribution < -0.4 is 0 Å². The highest BCUT2D eigenvalue weighted by molar-refractivity contribution is 7.99. The highest BCUT2D eigenvalue weighted by Crippen LogP contribution is 2.26. The van der Waals surface area contributed by atoms with Gasteiger partial charge in [0.05, 0.1) is 11.9 Å². The Labute approximate surface area is 118 Å². The van der Waals surface area contributed by atoms with Gasteiger partial charge in [-0.15, -0.1) is 0 Å². The fourth-order valence-corrected chi connectivity index (χ4v) is 2.72. The van der Waals surface area contributed by atoms with E-state index in [1.54, 1.807) is 18.0 Å². The summed E-state index contributed by atoms with van der Waals surface area (Å²) < 4.78 is 1.98. The van der Waals surface area contributed by atoms with Gasteiger partial charge in [-0.25, -0.2) is 4.98 Å². The second kappa shape index (κ2) is 6.26. The summed E-state index contributed by atoms with van der Waals surface area (Å²) in [5.74, 6) is 1.05. The van der Waals surface area contributed by atoms with Crippen LogP contribution in [0.4, 0.5) is 0 Å². The van der Waals surface area contributed by atoms with E-state index in [-0.39, 0.29) is 0 Å². The molecule has 4 heteroatoms. The van der Waals surface area contributed by atoms with Crippen molar-refractivity contribution >= 4 is 11.8 Å². The van der Waals surface area contributed by atoms with Gasteiger partial charge in [0.1, 0.15) is 6.10 Å². The number of benzene rings is 1. The molecule has 0 saturated heterocycles. The maximum Gasteiger partial charge on any atom is 0.167 e. The first kappa shape index (κ1) is 14.2. The Morgan fingerprint density at radius 1 is 1.32 bits per heavy atom. The van der Waals surface area contributed by atoms with Crippen LogP contribution in [0, 0.1) is 6.92 Å². The third-order valence-electron chi connectivity index (χ3n) is 3.09. The van der Waals surface area contributed by atoms with Crippen molar-refractivity contribution in [2.24, 2.45) is 7.05 Å². The van der Waals surface area contributed by atoms with Crippen molar-refractivity contribution in [2.75, 3.05) is 5.75 Å². The highest BCUT2D eigenvalue weighted by Gasteiger charge is 2.16. The number of aromatic nitrogens is 2. The minimum Gasteiger partial charge on any atom is -0.382 e. The molecule has 0 aliphatic carbocycles. The van der Waals surface area contributed by atoms with E-state index in [4.69, 9.17) is 0 Å². The summed E-state index contributed by atoms with van der Waals surface area (Å²) in [6, 6.07) is 7.96. The van der Waals surface area contributed by atoms with Crippen molar-refractivity contribution in [3.8, 4) is 0 Å². The Kier molecular flexibility index (Phi) is 4.66. The number of nitrogens with zero attached hydrogens (tertiary/aromatic N) is 2. The Morgan fingerprint density at radius 3 is 2.63 bits per heavy atom. The predicted octanol–water partition coefficient (Wildman–Crippen LogP) is 3.31. The molecule has 1 unspecified atom stereocenters. The SMILES string of the molecule is CCCSc1ncc(C(O)c2ccc(C)cc2)n1C. The van der Waals surface area contributed by atoms with Crippen molar-refractivity contribution in [1.82, 2.24) is 9.55 Å². The fraction of sp³-hybridized carbons (Fsp3) is 0.400. The van der Waals surface area contributed by atoms with Crippen molar-refractivity contribution < 1.29 is 5.11 Å². The van der Waals surface area contributed by atoms with Crippen LogP contribution >= 0.6 is 11.8 Å². The lowest BCUT2D eigenvalue weighted by atomic mass is 10.1. The van der Waals surface area contributed by atoms with E-state index >= 15 is 0 Å². The summed E-state index contributed by atoms with van der Waals surface area (Å²) in [5, 5.41) is 11.4. The van der Waals surface area contributed by atoms with E-state index in [0.717, 1.165) is 28.6 Å². The van der Waals surface area contributed by atoms with Crippen molar-refractivity contribution in [3.63, 3.8) is 0 Å². The number of rotatable bonds is 5. The monoisotopic (exact) mass is 276 g/mol. The van der Waals surface area contributed by atoms with Gasteiger partial charge >= 0.3 is 0 Å². The van der Waals surface area contributed by atoms with Crippen LogP contribution in [-0.2, 0) is 7.05 Å². The minimum absolute atomic E-state index is 0.617. The molecule has 2 rings (SSSR count). The molecule has 0 radical (unpaired) electrons. The normalized spacial score (nSPS) is 12.6. The molecule has 102 valence electrons. The van der Waals surface area contributed by atoms with Crippen molar-refractivity contribution in [2.45, 2.75) is 31.5 Å². The van der Waals surface area contributed by atoms with Gasteiger partial charge in [-0.05, 0) is 18.9 Å². The number of hydrogen-bond acceptors (Lipinski definition) is 3. The Hall–Kier alpha value is -1.26. The number of hydrogen-bond donors (Lipinski definition) is 1. The van der Waals surface area contributed by atoms with Gasteiger partial charge in [-0.1, -0.05) is 48.5 Å². The summed E-state index contributed by atoms with van der Waals surface area (Å²) in [6.45, 7) is 4.19. The summed E-state index contributed by atoms with van der Waals surface area (Å²) in [6.07, 6.45) is 2.27. The number of aliphatic hydroxyl groups excluding tert-OH is 1. The molecule has 19 heavy (non-hydrogen) atoms. The number of aliphatic hydroxyl groups is 1. The van der Waals surface area contributed by atoms with E-state index in [1.165, 1.54) is 5.56 Å². The van der Waals surface area contributed by atoms with Crippen LogP contribution in [0.15, 0.2) is 35.6 Å². The predicted molar refractivity (Wildman–Crippen MR) is 79.5 cm³/mol. The summed E-state index contributed by atoms with van der Waals surface area (Å²) in [5.41, 5.74) is 2.93. The van der Waals surface area contributed by atoms with Gasteiger partial charge in [-0.3, -0.25) is 0 Å². The minimum atomic E-state index is -0.617. The quantitative estimate of drug-likeness (QED) is 0.851. The van der Waals surface area contributed by atoms with Crippen molar-refractivity contribution in [1.29, 1.82) is 0 Å². The molecule has 3 nitrogen and oxygen atoms in total. The molecule has 1 atom stereocenters.